The molecule has 0 radical (unpaired) electrons. The SMILES string of the molecule is CCCCCCCCCCCCCCCCCCn1c(-c2ccccc2)c(O)c(=O)c2ccccc21. The Morgan fingerprint density at radius 3 is 1.64 bits per heavy atom. The number of para-hydroxylation sites is 1. The Hall–Kier alpha value is -2.55. The second-order valence-corrected chi connectivity index (χ2v) is 10.4. The van der Waals surface area contributed by atoms with Crippen LogP contribution < -0.4 is 5.43 Å². The molecule has 36 heavy (non-hydrogen) atoms. The molecule has 0 aliphatic rings. The highest BCUT2D eigenvalue weighted by atomic mass is 16.3. The Balaban J connectivity index is 1.38. The van der Waals surface area contributed by atoms with E-state index in [2.05, 4.69) is 11.5 Å². The third-order valence-electron chi connectivity index (χ3n) is 7.43. The first kappa shape index (κ1) is 28.0. The first-order chi connectivity index (χ1) is 17.7. The highest BCUT2D eigenvalue weighted by Crippen LogP contribution is 2.30. The van der Waals surface area contributed by atoms with Crippen LogP contribution in [0.15, 0.2) is 59.4 Å². The minimum Gasteiger partial charge on any atom is -0.503 e. The fourth-order valence-electron chi connectivity index (χ4n) is 5.32. The van der Waals surface area contributed by atoms with E-state index in [0.717, 1.165) is 24.0 Å². The van der Waals surface area contributed by atoms with Crippen LogP contribution in [0.4, 0.5) is 0 Å². The summed E-state index contributed by atoms with van der Waals surface area (Å²) in [7, 11) is 0. The van der Waals surface area contributed by atoms with E-state index in [-0.39, 0.29) is 11.2 Å². The number of aromatic nitrogens is 1. The normalized spacial score (nSPS) is 11.4. The van der Waals surface area contributed by atoms with Crippen LogP contribution in [-0.2, 0) is 6.54 Å². The maximum atomic E-state index is 12.8. The second-order valence-electron chi connectivity index (χ2n) is 10.4. The molecule has 3 aromatic rings. The summed E-state index contributed by atoms with van der Waals surface area (Å²) >= 11 is 0. The lowest BCUT2D eigenvalue weighted by atomic mass is 10.0. The summed E-state index contributed by atoms with van der Waals surface area (Å²) < 4.78 is 2.14. The predicted molar refractivity (Wildman–Crippen MR) is 155 cm³/mol. The molecule has 0 amide bonds. The molecule has 3 heteroatoms. The van der Waals surface area contributed by atoms with Gasteiger partial charge >= 0.3 is 0 Å². The van der Waals surface area contributed by atoms with Gasteiger partial charge in [0.1, 0.15) is 0 Å². The molecule has 0 spiro atoms. The topological polar surface area (TPSA) is 42.2 Å². The monoisotopic (exact) mass is 489 g/mol. The molecule has 0 saturated heterocycles. The number of hydrogen-bond acceptors (Lipinski definition) is 2. The molecule has 1 N–H and O–H groups in total. The molecule has 0 aliphatic carbocycles. The number of rotatable bonds is 18. The number of hydrogen-bond donors (Lipinski definition) is 1. The molecular formula is C33H47NO2. The molecule has 0 unspecified atom stereocenters. The second kappa shape index (κ2) is 16.2. The van der Waals surface area contributed by atoms with E-state index in [0.29, 0.717) is 11.1 Å². The Morgan fingerprint density at radius 1 is 0.611 bits per heavy atom. The summed E-state index contributed by atoms with van der Waals surface area (Å²) in [6.07, 6.45) is 21.6. The van der Waals surface area contributed by atoms with Gasteiger partial charge in [0, 0.05) is 17.5 Å². The minimum atomic E-state index is -0.285. The van der Waals surface area contributed by atoms with Crippen LogP contribution in [0.1, 0.15) is 110 Å². The lowest BCUT2D eigenvalue weighted by Gasteiger charge is -2.18. The van der Waals surface area contributed by atoms with Crippen LogP contribution in [0.3, 0.4) is 0 Å². The van der Waals surface area contributed by atoms with Crippen molar-refractivity contribution in [2.24, 2.45) is 0 Å². The standard InChI is InChI=1S/C33H47NO2/c1-2-3-4-5-6-7-8-9-10-11-12-13-14-15-16-22-27-34-30-26-21-20-25-29(30)32(35)33(36)31(34)28-23-18-17-19-24-28/h17-21,23-26,36H,2-16,22,27H2,1H3. The van der Waals surface area contributed by atoms with Gasteiger partial charge in [-0.05, 0) is 18.6 Å². The zero-order chi connectivity index (χ0) is 25.4. The first-order valence-electron chi connectivity index (χ1n) is 14.6. The van der Waals surface area contributed by atoms with Gasteiger partial charge in [-0.25, -0.2) is 0 Å². The van der Waals surface area contributed by atoms with Crippen LogP contribution in [0.2, 0.25) is 0 Å². The molecule has 0 fully saturated rings. The summed E-state index contributed by atoms with van der Waals surface area (Å²) in [4.78, 5) is 12.8. The van der Waals surface area contributed by atoms with Gasteiger partial charge in [0.15, 0.2) is 5.75 Å². The molecule has 1 heterocycles. The predicted octanol–water partition coefficient (Wildman–Crippen LogP) is 9.64. The zero-order valence-corrected chi connectivity index (χ0v) is 22.5. The summed E-state index contributed by atoms with van der Waals surface area (Å²) in [6.45, 7) is 3.08. The van der Waals surface area contributed by atoms with Gasteiger partial charge in [-0.3, -0.25) is 4.79 Å². The number of aromatic hydroxyl groups is 1. The molecule has 3 nitrogen and oxygen atoms in total. The van der Waals surface area contributed by atoms with E-state index < -0.39 is 0 Å². The molecule has 2 aromatic carbocycles. The highest BCUT2D eigenvalue weighted by molar-refractivity contribution is 5.85. The van der Waals surface area contributed by atoms with Crippen molar-refractivity contribution >= 4 is 10.9 Å². The molecule has 1 aromatic heterocycles. The van der Waals surface area contributed by atoms with E-state index in [1.165, 1.54) is 96.3 Å². The van der Waals surface area contributed by atoms with Crippen LogP contribution in [0.25, 0.3) is 22.2 Å². The maximum Gasteiger partial charge on any atom is 0.231 e. The van der Waals surface area contributed by atoms with Crippen LogP contribution >= 0.6 is 0 Å². The van der Waals surface area contributed by atoms with Crippen molar-refractivity contribution < 1.29 is 5.11 Å². The van der Waals surface area contributed by atoms with Gasteiger partial charge < -0.3 is 9.67 Å². The molecule has 0 aliphatic heterocycles. The van der Waals surface area contributed by atoms with Gasteiger partial charge in [-0.1, -0.05) is 146 Å². The number of pyridine rings is 1. The number of aryl methyl sites for hydroxylation is 1. The van der Waals surface area contributed by atoms with Crippen LogP contribution in [-0.4, -0.2) is 9.67 Å². The van der Waals surface area contributed by atoms with E-state index >= 15 is 0 Å². The van der Waals surface area contributed by atoms with Crippen LogP contribution in [0, 0.1) is 0 Å². The fraction of sp³-hybridized carbons (Fsp3) is 0.545. The van der Waals surface area contributed by atoms with Gasteiger partial charge in [0.25, 0.3) is 0 Å². The van der Waals surface area contributed by atoms with Crippen molar-refractivity contribution in [1.29, 1.82) is 0 Å². The van der Waals surface area contributed by atoms with Crippen molar-refractivity contribution in [3.8, 4) is 17.0 Å². The number of unbranched alkanes of at least 4 members (excludes halogenated alkanes) is 15. The lowest BCUT2D eigenvalue weighted by molar-refractivity contribution is 0.464. The average Bonchev–Trinajstić information content (AvgIpc) is 2.91. The van der Waals surface area contributed by atoms with E-state index in [1.807, 2.05) is 54.6 Å². The highest BCUT2D eigenvalue weighted by Gasteiger charge is 2.17. The van der Waals surface area contributed by atoms with E-state index in [1.54, 1.807) is 0 Å². The average molecular weight is 490 g/mol. The summed E-state index contributed by atoms with van der Waals surface area (Å²) in [5, 5.41) is 11.4. The van der Waals surface area contributed by atoms with E-state index in [4.69, 9.17) is 0 Å². The third-order valence-corrected chi connectivity index (χ3v) is 7.43. The van der Waals surface area contributed by atoms with Gasteiger partial charge in [0.2, 0.25) is 5.43 Å². The molecular weight excluding hydrogens is 442 g/mol. The van der Waals surface area contributed by atoms with Crippen molar-refractivity contribution in [1.82, 2.24) is 4.57 Å². The zero-order valence-electron chi connectivity index (χ0n) is 22.5. The quantitative estimate of drug-likeness (QED) is 0.181. The Labute approximate surface area is 218 Å². The van der Waals surface area contributed by atoms with Crippen molar-refractivity contribution in [2.75, 3.05) is 0 Å². The maximum absolute atomic E-state index is 12.8. The van der Waals surface area contributed by atoms with Gasteiger partial charge in [-0.2, -0.15) is 0 Å². The number of fused-ring (bicyclic) bond motifs is 1. The number of nitrogens with zero attached hydrogens (tertiary/aromatic N) is 1. The molecule has 3 rings (SSSR count). The Kier molecular flexibility index (Phi) is 12.6. The minimum absolute atomic E-state index is 0.142. The molecule has 196 valence electrons. The van der Waals surface area contributed by atoms with Crippen molar-refractivity contribution in [3.63, 3.8) is 0 Å². The Bertz CT molecular complexity index is 1070. The summed E-state index contributed by atoms with van der Waals surface area (Å²) in [6, 6.07) is 17.4. The van der Waals surface area contributed by atoms with Gasteiger partial charge in [0.05, 0.1) is 11.2 Å². The van der Waals surface area contributed by atoms with Crippen LogP contribution in [0.5, 0.6) is 5.75 Å². The smallest absolute Gasteiger partial charge is 0.231 e. The van der Waals surface area contributed by atoms with E-state index in [9.17, 15) is 9.90 Å². The fourth-order valence-corrected chi connectivity index (χ4v) is 5.32. The largest absolute Gasteiger partial charge is 0.503 e. The molecule has 0 saturated carbocycles. The lowest BCUT2D eigenvalue weighted by Crippen LogP contribution is -2.13. The number of benzene rings is 2. The van der Waals surface area contributed by atoms with Crippen molar-refractivity contribution in [3.05, 3.63) is 64.8 Å². The molecule has 0 bridgehead atoms. The van der Waals surface area contributed by atoms with Crippen molar-refractivity contribution in [2.45, 2.75) is 116 Å². The Morgan fingerprint density at radius 2 is 1.08 bits per heavy atom. The third kappa shape index (κ3) is 8.54. The molecule has 0 atom stereocenters. The summed E-state index contributed by atoms with van der Waals surface area (Å²) in [5.74, 6) is -0.142. The first-order valence-corrected chi connectivity index (χ1v) is 14.6. The van der Waals surface area contributed by atoms with Gasteiger partial charge in [-0.15, -0.1) is 0 Å². The summed E-state index contributed by atoms with van der Waals surface area (Å²) in [5.41, 5.74) is 2.14.